The molecule has 1 aromatic carbocycles. The molecule has 1 fully saturated rings. The van der Waals surface area contributed by atoms with E-state index in [9.17, 15) is 4.39 Å². The Balaban J connectivity index is 2.21. The van der Waals surface area contributed by atoms with Crippen LogP contribution in [0.5, 0.6) is 0 Å². The minimum atomic E-state index is -0.403. The molecular weight excluding hydrogens is 298 g/mol. The molecule has 0 aliphatic heterocycles. The predicted molar refractivity (Wildman–Crippen MR) is 81.0 cm³/mol. The first kappa shape index (κ1) is 14.2. The van der Waals surface area contributed by atoms with Crippen LogP contribution in [0.25, 0.3) is 11.0 Å². The summed E-state index contributed by atoms with van der Waals surface area (Å²) in [7, 11) is 0. The molecule has 3 unspecified atom stereocenters. The van der Waals surface area contributed by atoms with Crippen molar-refractivity contribution < 1.29 is 4.39 Å². The van der Waals surface area contributed by atoms with Gasteiger partial charge in [-0.25, -0.2) is 9.37 Å². The van der Waals surface area contributed by atoms with Crippen molar-refractivity contribution in [3.63, 3.8) is 0 Å². The van der Waals surface area contributed by atoms with E-state index in [2.05, 4.69) is 16.5 Å². The van der Waals surface area contributed by atoms with Gasteiger partial charge in [0.15, 0.2) is 0 Å². The number of hydrogen-bond acceptors (Lipinski definition) is 1. The number of benzene rings is 1. The van der Waals surface area contributed by atoms with Crippen molar-refractivity contribution in [1.29, 1.82) is 0 Å². The second-order valence-electron chi connectivity index (χ2n) is 5.78. The molecule has 3 atom stereocenters. The van der Waals surface area contributed by atoms with Gasteiger partial charge < -0.3 is 4.57 Å². The van der Waals surface area contributed by atoms with Crippen LogP contribution in [-0.4, -0.2) is 9.55 Å². The maximum atomic E-state index is 13.8. The Labute approximate surface area is 127 Å². The zero-order valence-corrected chi connectivity index (χ0v) is 13.0. The number of alkyl halides is 1. The molecule has 0 saturated heterocycles. The molecule has 20 heavy (non-hydrogen) atoms. The van der Waals surface area contributed by atoms with E-state index in [1.807, 2.05) is 6.92 Å². The standard InChI is InChI=1S/C15H17Cl2FN2/c1-8-3-4-10(5-8)20-14-7-12(18)11(17)6-13(14)19-15(20)9(2)16/h6-10H,3-5H2,1-2H3. The second kappa shape index (κ2) is 5.19. The highest BCUT2D eigenvalue weighted by molar-refractivity contribution is 6.31. The minimum Gasteiger partial charge on any atom is -0.324 e. The van der Waals surface area contributed by atoms with Crippen LogP contribution in [0.1, 0.15) is 50.4 Å². The molecule has 1 heterocycles. The van der Waals surface area contributed by atoms with Gasteiger partial charge in [0.05, 0.1) is 21.4 Å². The molecule has 1 aliphatic rings. The van der Waals surface area contributed by atoms with E-state index in [-0.39, 0.29) is 10.4 Å². The van der Waals surface area contributed by atoms with E-state index < -0.39 is 5.82 Å². The lowest BCUT2D eigenvalue weighted by molar-refractivity contribution is 0.487. The Morgan fingerprint density at radius 3 is 2.75 bits per heavy atom. The molecule has 0 bridgehead atoms. The van der Waals surface area contributed by atoms with Crippen molar-refractivity contribution in [2.24, 2.45) is 5.92 Å². The fourth-order valence-corrected chi connectivity index (χ4v) is 3.50. The molecule has 1 aliphatic carbocycles. The van der Waals surface area contributed by atoms with Crippen molar-refractivity contribution in [2.45, 2.75) is 44.5 Å². The summed E-state index contributed by atoms with van der Waals surface area (Å²) in [6.07, 6.45) is 3.37. The van der Waals surface area contributed by atoms with Crippen LogP contribution >= 0.6 is 23.2 Å². The molecule has 3 rings (SSSR count). The third kappa shape index (κ3) is 2.31. The largest absolute Gasteiger partial charge is 0.324 e. The summed E-state index contributed by atoms with van der Waals surface area (Å²) in [5.74, 6) is 1.09. The summed E-state index contributed by atoms with van der Waals surface area (Å²) in [5, 5.41) is -0.101. The normalized spacial score (nSPS) is 24.4. The van der Waals surface area contributed by atoms with Gasteiger partial charge in [-0.15, -0.1) is 11.6 Å². The summed E-state index contributed by atoms with van der Waals surface area (Å²) in [4.78, 5) is 4.56. The summed E-state index contributed by atoms with van der Waals surface area (Å²) in [6.45, 7) is 4.15. The molecule has 2 nitrogen and oxygen atoms in total. The van der Waals surface area contributed by atoms with E-state index >= 15 is 0 Å². The Morgan fingerprint density at radius 1 is 1.40 bits per heavy atom. The molecule has 2 aromatic rings. The number of hydrogen-bond donors (Lipinski definition) is 0. The Bertz CT molecular complexity index is 651. The average Bonchev–Trinajstić information content (AvgIpc) is 2.94. The zero-order chi connectivity index (χ0) is 14.4. The predicted octanol–water partition coefficient (Wildman–Crippen LogP) is 5.49. The van der Waals surface area contributed by atoms with Crippen LogP contribution in [0, 0.1) is 11.7 Å². The maximum absolute atomic E-state index is 13.8. The highest BCUT2D eigenvalue weighted by atomic mass is 35.5. The van der Waals surface area contributed by atoms with Gasteiger partial charge in [-0.1, -0.05) is 18.5 Å². The molecule has 0 spiro atoms. The summed E-state index contributed by atoms with van der Waals surface area (Å²) in [6, 6.07) is 3.42. The number of fused-ring (bicyclic) bond motifs is 1. The van der Waals surface area contributed by atoms with Crippen LogP contribution in [0.4, 0.5) is 4.39 Å². The maximum Gasteiger partial charge on any atom is 0.144 e. The topological polar surface area (TPSA) is 17.8 Å². The summed E-state index contributed by atoms with van der Waals surface area (Å²) >= 11 is 12.1. The monoisotopic (exact) mass is 314 g/mol. The smallest absolute Gasteiger partial charge is 0.144 e. The van der Waals surface area contributed by atoms with Gasteiger partial charge in [0, 0.05) is 12.1 Å². The molecule has 5 heteroatoms. The quantitative estimate of drug-likeness (QED) is 0.670. The first-order chi connectivity index (χ1) is 9.47. The lowest BCUT2D eigenvalue weighted by Gasteiger charge is -2.18. The van der Waals surface area contributed by atoms with Crippen LogP contribution in [0.2, 0.25) is 5.02 Å². The number of halogens is 3. The highest BCUT2D eigenvalue weighted by Crippen LogP contribution is 2.39. The van der Waals surface area contributed by atoms with E-state index in [1.165, 1.54) is 12.5 Å². The lowest BCUT2D eigenvalue weighted by atomic mass is 10.1. The van der Waals surface area contributed by atoms with Crippen molar-refractivity contribution in [1.82, 2.24) is 9.55 Å². The minimum absolute atomic E-state index is 0.107. The molecule has 1 aromatic heterocycles. The van der Waals surface area contributed by atoms with Crippen LogP contribution in [-0.2, 0) is 0 Å². The molecule has 1 saturated carbocycles. The van der Waals surface area contributed by atoms with Crippen LogP contribution in [0.3, 0.4) is 0 Å². The fourth-order valence-electron chi connectivity index (χ4n) is 3.18. The van der Waals surface area contributed by atoms with Crippen molar-refractivity contribution in [3.05, 3.63) is 28.8 Å². The second-order valence-corrected chi connectivity index (χ2v) is 6.84. The Morgan fingerprint density at radius 2 is 2.15 bits per heavy atom. The van der Waals surface area contributed by atoms with E-state index in [0.29, 0.717) is 12.0 Å². The van der Waals surface area contributed by atoms with Gasteiger partial charge in [-0.2, -0.15) is 0 Å². The third-order valence-electron chi connectivity index (χ3n) is 4.15. The van der Waals surface area contributed by atoms with Gasteiger partial charge >= 0.3 is 0 Å². The van der Waals surface area contributed by atoms with Gasteiger partial charge in [0.2, 0.25) is 0 Å². The molecule has 0 amide bonds. The number of rotatable bonds is 2. The lowest BCUT2D eigenvalue weighted by Crippen LogP contribution is -2.10. The fraction of sp³-hybridized carbons (Fsp3) is 0.533. The first-order valence-electron chi connectivity index (χ1n) is 6.98. The van der Waals surface area contributed by atoms with Crippen molar-refractivity contribution >= 4 is 34.2 Å². The third-order valence-corrected chi connectivity index (χ3v) is 4.63. The zero-order valence-electron chi connectivity index (χ0n) is 11.5. The van der Waals surface area contributed by atoms with Gasteiger partial charge in [0.1, 0.15) is 11.6 Å². The van der Waals surface area contributed by atoms with E-state index in [1.54, 1.807) is 6.07 Å². The van der Waals surface area contributed by atoms with Crippen molar-refractivity contribution in [3.8, 4) is 0 Å². The highest BCUT2D eigenvalue weighted by Gasteiger charge is 2.28. The van der Waals surface area contributed by atoms with Gasteiger partial charge in [-0.05, 0) is 38.2 Å². The SMILES string of the molecule is CC1CCC(n2c(C(C)Cl)nc3cc(Cl)c(F)cc32)C1. The number of imidazole rings is 1. The Hall–Kier alpha value is -0.800. The van der Waals surface area contributed by atoms with Crippen LogP contribution < -0.4 is 0 Å². The van der Waals surface area contributed by atoms with E-state index in [0.717, 1.165) is 29.7 Å². The average molecular weight is 315 g/mol. The summed E-state index contributed by atoms with van der Waals surface area (Å²) in [5.41, 5.74) is 1.52. The summed E-state index contributed by atoms with van der Waals surface area (Å²) < 4.78 is 15.9. The first-order valence-corrected chi connectivity index (χ1v) is 7.79. The molecular formula is C15H17Cl2FN2. The molecule has 0 radical (unpaired) electrons. The van der Waals surface area contributed by atoms with Gasteiger partial charge in [0.25, 0.3) is 0 Å². The van der Waals surface area contributed by atoms with Crippen LogP contribution in [0.15, 0.2) is 12.1 Å². The molecule has 0 N–H and O–H groups in total. The van der Waals surface area contributed by atoms with Gasteiger partial charge in [-0.3, -0.25) is 0 Å². The number of aromatic nitrogens is 2. The number of nitrogens with zero attached hydrogens (tertiary/aromatic N) is 2. The molecule has 108 valence electrons. The Kier molecular flexibility index (Phi) is 3.67. The van der Waals surface area contributed by atoms with E-state index in [4.69, 9.17) is 23.2 Å². The van der Waals surface area contributed by atoms with Crippen molar-refractivity contribution in [2.75, 3.05) is 0 Å².